The van der Waals surface area contributed by atoms with E-state index in [0.717, 1.165) is 31.5 Å². The monoisotopic (exact) mass is 372 g/mol. The van der Waals surface area contributed by atoms with E-state index in [-0.39, 0.29) is 0 Å². The van der Waals surface area contributed by atoms with Crippen LogP contribution in [0.15, 0.2) is 53.4 Å². The van der Waals surface area contributed by atoms with E-state index >= 15 is 0 Å². The van der Waals surface area contributed by atoms with Crippen LogP contribution in [-0.2, 0) is 16.4 Å². The van der Waals surface area contributed by atoms with E-state index in [2.05, 4.69) is 33.9 Å². The Bertz CT molecular complexity index is 810. The SMILES string of the molecule is Cc1cccc(S(=O)(=O)NCCCc2ccc(N3CCCCC3)cc2)c1. The van der Waals surface area contributed by atoms with Gasteiger partial charge in [-0.25, -0.2) is 13.1 Å². The molecule has 0 spiro atoms. The highest BCUT2D eigenvalue weighted by Crippen LogP contribution is 2.20. The molecule has 1 fully saturated rings. The van der Waals surface area contributed by atoms with Crippen LogP contribution in [0, 0.1) is 6.92 Å². The Hall–Kier alpha value is -1.85. The molecule has 3 rings (SSSR count). The summed E-state index contributed by atoms with van der Waals surface area (Å²) in [6.07, 6.45) is 5.56. The van der Waals surface area contributed by atoms with Crippen molar-refractivity contribution < 1.29 is 8.42 Å². The lowest BCUT2D eigenvalue weighted by molar-refractivity contribution is 0.577. The zero-order valence-corrected chi connectivity index (χ0v) is 16.3. The summed E-state index contributed by atoms with van der Waals surface area (Å²) in [4.78, 5) is 2.78. The van der Waals surface area contributed by atoms with Gasteiger partial charge in [-0.3, -0.25) is 0 Å². The standard InChI is InChI=1S/C21H28N2O2S/c1-18-7-5-9-21(17-18)26(24,25)22-14-6-8-19-10-12-20(13-11-19)23-15-3-2-4-16-23/h5,7,9-13,17,22H,2-4,6,8,14-16H2,1H3. The van der Waals surface area contributed by atoms with Gasteiger partial charge >= 0.3 is 0 Å². The molecule has 0 atom stereocenters. The second-order valence-electron chi connectivity index (χ2n) is 7.03. The number of sulfonamides is 1. The number of benzene rings is 2. The van der Waals surface area contributed by atoms with Crippen molar-refractivity contribution in [2.45, 2.75) is 43.9 Å². The zero-order valence-electron chi connectivity index (χ0n) is 15.4. The highest BCUT2D eigenvalue weighted by atomic mass is 32.2. The van der Waals surface area contributed by atoms with Crippen molar-refractivity contribution >= 4 is 15.7 Å². The van der Waals surface area contributed by atoms with Gasteiger partial charge in [0.2, 0.25) is 10.0 Å². The van der Waals surface area contributed by atoms with Crippen molar-refractivity contribution in [2.75, 3.05) is 24.5 Å². The van der Waals surface area contributed by atoms with Gasteiger partial charge < -0.3 is 4.90 Å². The Labute approximate surface area is 157 Å². The van der Waals surface area contributed by atoms with Crippen LogP contribution in [0.3, 0.4) is 0 Å². The third-order valence-corrected chi connectivity index (χ3v) is 6.35. The van der Waals surface area contributed by atoms with Crippen LogP contribution in [0.25, 0.3) is 0 Å². The molecule has 26 heavy (non-hydrogen) atoms. The molecule has 5 heteroatoms. The summed E-state index contributed by atoms with van der Waals surface area (Å²) in [5, 5.41) is 0. The normalized spacial score (nSPS) is 15.2. The first-order valence-electron chi connectivity index (χ1n) is 9.45. The fraction of sp³-hybridized carbons (Fsp3) is 0.429. The van der Waals surface area contributed by atoms with E-state index in [0.29, 0.717) is 11.4 Å². The predicted molar refractivity (Wildman–Crippen MR) is 107 cm³/mol. The number of rotatable bonds is 7. The lowest BCUT2D eigenvalue weighted by Crippen LogP contribution is -2.29. The quantitative estimate of drug-likeness (QED) is 0.750. The van der Waals surface area contributed by atoms with Gasteiger partial charge in [0, 0.05) is 25.3 Å². The first-order valence-corrected chi connectivity index (χ1v) is 10.9. The van der Waals surface area contributed by atoms with E-state index in [4.69, 9.17) is 0 Å². The van der Waals surface area contributed by atoms with Crippen molar-refractivity contribution in [1.29, 1.82) is 0 Å². The number of anilines is 1. The molecular formula is C21H28N2O2S. The molecule has 1 heterocycles. The van der Waals surface area contributed by atoms with Gasteiger partial charge in [0.25, 0.3) is 0 Å². The summed E-state index contributed by atoms with van der Waals surface area (Å²) in [6, 6.07) is 15.7. The molecule has 140 valence electrons. The van der Waals surface area contributed by atoms with E-state index in [1.54, 1.807) is 18.2 Å². The molecule has 1 aliphatic heterocycles. The summed E-state index contributed by atoms with van der Waals surface area (Å²) < 4.78 is 27.3. The van der Waals surface area contributed by atoms with Crippen LogP contribution in [0.2, 0.25) is 0 Å². The Balaban J connectivity index is 1.47. The van der Waals surface area contributed by atoms with E-state index in [1.807, 2.05) is 13.0 Å². The lowest BCUT2D eigenvalue weighted by Gasteiger charge is -2.28. The summed E-state index contributed by atoms with van der Waals surface area (Å²) >= 11 is 0. The molecule has 2 aromatic carbocycles. The van der Waals surface area contributed by atoms with Crippen LogP contribution in [0.5, 0.6) is 0 Å². The lowest BCUT2D eigenvalue weighted by atomic mass is 10.1. The van der Waals surface area contributed by atoms with Gasteiger partial charge in [-0.1, -0.05) is 24.3 Å². The van der Waals surface area contributed by atoms with Crippen LogP contribution in [0.1, 0.15) is 36.8 Å². The Morgan fingerprint density at radius 1 is 1.00 bits per heavy atom. The molecular weight excluding hydrogens is 344 g/mol. The average molecular weight is 373 g/mol. The summed E-state index contributed by atoms with van der Waals surface area (Å²) in [5.74, 6) is 0. The van der Waals surface area contributed by atoms with Gasteiger partial charge in [-0.05, 0) is 74.4 Å². The minimum Gasteiger partial charge on any atom is -0.372 e. The first-order chi connectivity index (χ1) is 12.5. The Kier molecular flexibility index (Phi) is 6.33. The molecule has 4 nitrogen and oxygen atoms in total. The molecule has 0 amide bonds. The molecule has 0 bridgehead atoms. The third-order valence-electron chi connectivity index (χ3n) is 4.89. The minimum atomic E-state index is -3.42. The Morgan fingerprint density at radius 2 is 1.73 bits per heavy atom. The van der Waals surface area contributed by atoms with Crippen molar-refractivity contribution in [3.05, 3.63) is 59.7 Å². The zero-order chi connectivity index (χ0) is 18.4. The molecule has 0 aliphatic carbocycles. The molecule has 0 saturated carbocycles. The second kappa shape index (κ2) is 8.69. The number of piperidine rings is 1. The first kappa shape index (κ1) is 18.9. The smallest absolute Gasteiger partial charge is 0.240 e. The fourth-order valence-electron chi connectivity index (χ4n) is 3.39. The molecule has 1 saturated heterocycles. The second-order valence-corrected chi connectivity index (χ2v) is 8.80. The van der Waals surface area contributed by atoms with Crippen LogP contribution in [0.4, 0.5) is 5.69 Å². The molecule has 1 N–H and O–H groups in total. The highest BCUT2D eigenvalue weighted by molar-refractivity contribution is 7.89. The highest BCUT2D eigenvalue weighted by Gasteiger charge is 2.13. The summed E-state index contributed by atoms with van der Waals surface area (Å²) in [6.45, 7) is 4.65. The van der Waals surface area contributed by atoms with Gasteiger partial charge in [0.15, 0.2) is 0 Å². The van der Waals surface area contributed by atoms with Gasteiger partial charge in [-0.15, -0.1) is 0 Å². The number of hydrogen-bond acceptors (Lipinski definition) is 3. The van der Waals surface area contributed by atoms with Gasteiger partial charge in [0.1, 0.15) is 0 Å². The maximum absolute atomic E-state index is 12.3. The minimum absolute atomic E-state index is 0.336. The van der Waals surface area contributed by atoms with E-state index < -0.39 is 10.0 Å². The maximum Gasteiger partial charge on any atom is 0.240 e. The van der Waals surface area contributed by atoms with Gasteiger partial charge in [-0.2, -0.15) is 0 Å². The summed E-state index contributed by atoms with van der Waals surface area (Å²) in [5.41, 5.74) is 3.50. The van der Waals surface area contributed by atoms with Crippen molar-refractivity contribution in [1.82, 2.24) is 4.72 Å². The summed E-state index contributed by atoms with van der Waals surface area (Å²) in [7, 11) is -3.42. The molecule has 0 radical (unpaired) electrons. The maximum atomic E-state index is 12.3. The molecule has 1 aliphatic rings. The van der Waals surface area contributed by atoms with Gasteiger partial charge in [0.05, 0.1) is 4.90 Å². The van der Waals surface area contributed by atoms with Crippen LogP contribution >= 0.6 is 0 Å². The molecule has 0 aromatic heterocycles. The number of aryl methyl sites for hydroxylation is 2. The van der Waals surface area contributed by atoms with Crippen molar-refractivity contribution in [3.8, 4) is 0 Å². The fourth-order valence-corrected chi connectivity index (χ4v) is 4.57. The predicted octanol–water partition coefficient (Wildman–Crippen LogP) is 3.90. The average Bonchev–Trinajstić information content (AvgIpc) is 2.66. The van der Waals surface area contributed by atoms with Crippen molar-refractivity contribution in [2.24, 2.45) is 0 Å². The van der Waals surface area contributed by atoms with Crippen LogP contribution in [-0.4, -0.2) is 28.1 Å². The number of nitrogens with one attached hydrogen (secondary N) is 1. The number of hydrogen-bond donors (Lipinski definition) is 1. The topological polar surface area (TPSA) is 49.4 Å². The molecule has 2 aromatic rings. The third kappa shape index (κ3) is 5.08. The number of nitrogens with zero attached hydrogens (tertiary/aromatic N) is 1. The molecule has 0 unspecified atom stereocenters. The Morgan fingerprint density at radius 3 is 2.42 bits per heavy atom. The largest absolute Gasteiger partial charge is 0.372 e. The van der Waals surface area contributed by atoms with Crippen LogP contribution < -0.4 is 9.62 Å². The van der Waals surface area contributed by atoms with E-state index in [1.165, 1.54) is 30.5 Å². The van der Waals surface area contributed by atoms with E-state index in [9.17, 15) is 8.42 Å². The van der Waals surface area contributed by atoms with Crippen molar-refractivity contribution in [3.63, 3.8) is 0 Å².